The Morgan fingerprint density at radius 3 is 2.37 bits per heavy atom. The first-order valence-electron chi connectivity index (χ1n) is 8.13. The van der Waals surface area contributed by atoms with Crippen LogP contribution in [0.2, 0.25) is 0 Å². The van der Waals surface area contributed by atoms with Crippen LogP contribution in [0.3, 0.4) is 0 Å². The Morgan fingerprint density at radius 1 is 1.15 bits per heavy atom. The van der Waals surface area contributed by atoms with E-state index in [4.69, 9.17) is 21.9 Å². The zero-order chi connectivity index (χ0) is 19.8. The van der Waals surface area contributed by atoms with Crippen molar-refractivity contribution in [2.24, 2.45) is 40.9 Å². The molecule has 10 nitrogen and oxygen atoms in total. The number of amides is 1. The Hall–Kier alpha value is -2.31. The summed E-state index contributed by atoms with van der Waals surface area (Å²) < 4.78 is 34.1. The van der Waals surface area contributed by atoms with Crippen molar-refractivity contribution < 1.29 is 27.0 Å². The number of hydrogen-bond donors (Lipinski definition) is 4. The van der Waals surface area contributed by atoms with Crippen molar-refractivity contribution in [1.82, 2.24) is 5.48 Å². The Labute approximate surface area is 155 Å². The van der Waals surface area contributed by atoms with Gasteiger partial charge in [0.25, 0.3) is 5.97 Å². The molecule has 2 bridgehead atoms. The van der Waals surface area contributed by atoms with Gasteiger partial charge in [-0.1, -0.05) is 12.2 Å². The van der Waals surface area contributed by atoms with Gasteiger partial charge < -0.3 is 9.53 Å². The first-order chi connectivity index (χ1) is 12.6. The average Bonchev–Trinajstić information content (AvgIpc) is 3.19. The number of benzene rings is 1. The highest BCUT2D eigenvalue weighted by molar-refractivity contribution is 7.86. The van der Waals surface area contributed by atoms with E-state index in [1.54, 1.807) is 0 Å². The lowest BCUT2D eigenvalue weighted by molar-refractivity contribution is -0.135. The first kappa shape index (κ1) is 19.5. The molecule has 1 aromatic rings. The summed E-state index contributed by atoms with van der Waals surface area (Å²) in [6.45, 7) is 0. The van der Waals surface area contributed by atoms with E-state index in [1.807, 2.05) is 17.6 Å². The molecule has 4 atom stereocenters. The fourth-order valence-electron chi connectivity index (χ4n) is 3.51. The van der Waals surface area contributed by atoms with Gasteiger partial charge in [0.1, 0.15) is 12.0 Å². The lowest BCUT2D eigenvalue weighted by Gasteiger charge is -2.22. The fourth-order valence-corrected chi connectivity index (χ4v) is 4.26. The van der Waals surface area contributed by atoms with Crippen LogP contribution in [0.1, 0.15) is 6.42 Å². The maximum atomic E-state index is 12.3. The molecule has 1 fully saturated rings. The van der Waals surface area contributed by atoms with Gasteiger partial charge in [-0.25, -0.2) is 5.48 Å². The fraction of sp³-hybridized carbons (Fsp3) is 0.375. The number of rotatable bonds is 7. The molecule has 2 aliphatic carbocycles. The number of aldehydes is 1. The monoisotopic (exact) mass is 396 g/mol. The number of hydrogen-bond acceptors (Lipinski definition) is 9. The second-order valence-electron chi connectivity index (χ2n) is 6.62. The van der Waals surface area contributed by atoms with Gasteiger partial charge in [0, 0.05) is 5.92 Å². The van der Waals surface area contributed by atoms with Gasteiger partial charge in [0.05, 0.1) is 10.8 Å². The smallest absolute Gasteiger partial charge is 0.317 e. The lowest BCUT2D eigenvalue weighted by Crippen LogP contribution is -2.62. The van der Waals surface area contributed by atoms with Crippen LogP contribution in [0.25, 0.3) is 0 Å². The SMILES string of the molecule is NC(N)(N)Oc1ccc(S(=O)(=O)ONC(=O)C2C3C=CC(C3)C2C=O)cc1. The molecule has 3 rings (SSSR count). The quantitative estimate of drug-likeness (QED) is 0.193. The summed E-state index contributed by atoms with van der Waals surface area (Å²) in [4.78, 5) is 23.4. The van der Waals surface area contributed by atoms with Crippen molar-refractivity contribution in [2.75, 3.05) is 0 Å². The van der Waals surface area contributed by atoms with Crippen LogP contribution in [-0.4, -0.2) is 26.6 Å². The molecular weight excluding hydrogens is 376 g/mol. The predicted octanol–water partition coefficient (Wildman–Crippen LogP) is -1.07. The number of carbonyl (C=O) groups is 2. The summed E-state index contributed by atoms with van der Waals surface area (Å²) in [5.41, 5.74) is 17.8. The molecule has 0 spiro atoms. The molecule has 146 valence electrons. The molecule has 27 heavy (non-hydrogen) atoms. The van der Waals surface area contributed by atoms with Gasteiger partial charge in [-0.15, -0.1) is 4.28 Å². The number of hydroxylamine groups is 1. The average molecular weight is 396 g/mol. The number of allylic oxidation sites excluding steroid dienone is 2. The van der Waals surface area contributed by atoms with Crippen LogP contribution in [0.15, 0.2) is 41.3 Å². The summed E-state index contributed by atoms with van der Waals surface area (Å²) in [6.07, 6.45) is 5.21. The topological polar surface area (TPSA) is 177 Å². The van der Waals surface area contributed by atoms with Crippen LogP contribution >= 0.6 is 0 Å². The standard InChI is InChI=1S/C16H20N4O6S/c17-16(18,19)25-11-3-5-12(6-4-11)27(23,24)26-20-15(22)14-10-2-1-9(7-10)13(14)8-21/h1-6,8-10,13-14H,7,17-19H2,(H,20,22). The molecule has 11 heteroatoms. The highest BCUT2D eigenvalue weighted by Gasteiger charge is 2.48. The highest BCUT2D eigenvalue weighted by Crippen LogP contribution is 2.47. The predicted molar refractivity (Wildman–Crippen MR) is 92.6 cm³/mol. The van der Waals surface area contributed by atoms with Gasteiger partial charge in [0.15, 0.2) is 0 Å². The second-order valence-corrected chi connectivity index (χ2v) is 8.16. The van der Waals surface area contributed by atoms with Crippen LogP contribution < -0.4 is 27.4 Å². The summed E-state index contributed by atoms with van der Waals surface area (Å²) in [7, 11) is -4.27. The van der Waals surface area contributed by atoms with E-state index in [0.717, 1.165) is 6.29 Å². The zero-order valence-electron chi connectivity index (χ0n) is 14.1. The van der Waals surface area contributed by atoms with Crippen molar-refractivity contribution in [3.05, 3.63) is 36.4 Å². The molecule has 0 aromatic heterocycles. The van der Waals surface area contributed by atoms with Gasteiger partial charge in [-0.05, 0) is 42.5 Å². The van der Waals surface area contributed by atoms with E-state index in [0.29, 0.717) is 6.42 Å². The summed E-state index contributed by atoms with van der Waals surface area (Å²) in [5, 5.41) is 0. The molecule has 0 heterocycles. The molecule has 1 aromatic carbocycles. The minimum absolute atomic E-state index is 0.00663. The molecule has 7 N–H and O–H groups in total. The van der Waals surface area contributed by atoms with Crippen molar-refractivity contribution >= 4 is 22.3 Å². The van der Waals surface area contributed by atoms with E-state index in [2.05, 4.69) is 4.28 Å². The third-order valence-corrected chi connectivity index (χ3v) is 5.79. The molecule has 2 aliphatic rings. The second kappa shape index (κ2) is 7.02. The van der Waals surface area contributed by atoms with Crippen LogP contribution in [0, 0.1) is 23.7 Å². The Bertz CT molecular complexity index is 862. The minimum Gasteiger partial charge on any atom is -0.447 e. The third kappa shape index (κ3) is 4.17. The molecule has 4 unspecified atom stereocenters. The van der Waals surface area contributed by atoms with Gasteiger partial charge in [-0.3, -0.25) is 22.0 Å². The highest BCUT2D eigenvalue weighted by atomic mass is 32.2. The van der Waals surface area contributed by atoms with Crippen LogP contribution in [-0.2, 0) is 24.0 Å². The first-order valence-corrected chi connectivity index (χ1v) is 9.54. The number of ether oxygens (including phenoxy) is 1. The van der Waals surface area contributed by atoms with Crippen molar-refractivity contribution in [1.29, 1.82) is 0 Å². The maximum Gasteiger partial charge on any atom is 0.317 e. The molecule has 0 radical (unpaired) electrons. The van der Waals surface area contributed by atoms with Gasteiger partial charge in [0.2, 0.25) is 5.91 Å². The number of nitrogens with two attached hydrogens (primary N) is 3. The number of nitrogens with one attached hydrogen (secondary N) is 1. The Kier molecular flexibility index (Phi) is 5.06. The van der Waals surface area contributed by atoms with Crippen molar-refractivity contribution in [3.8, 4) is 5.75 Å². The lowest BCUT2D eigenvalue weighted by atomic mass is 9.83. The van der Waals surface area contributed by atoms with E-state index in [1.165, 1.54) is 24.3 Å². The van der Waals surface area contributed by atoms with Crippen molar-refractivity contribution in [3.63, 3.8) is 0 Å². The van der Waals surface area contributed by atoms with Gasteiger partial charge >= 0.3 is 10.1 Å². The largest absolute Gasteiger partial charge is 0.447 e. The van der Waals surface area contributed by atoms with E-state index >= 15 is 0 Å². The summed E-state index contributed by atoms with van der Waals surface area (Å²) in [6, 6.07) is 4.92. The zero-order valence-corrected chi connectivity index (χ0v) is 15.0. The molecule has 1 amide bonds. The summed E-state index contributed by atoms with van der Waals surface area (Å²) >= 11 is 0. The van der Waals surface area contributed by atoms with Crippen molar-refractivity contribution in [2.45, 2.75) is 17.3 Å². The Balaban J connectivity index is 1.64. The van der Waals surface area contributed by atoms with E-state index < -0.39 is 33.8 Å². The maximum absolute atomic E-state index is 12.3. The number of fused-ring (bicyclic) bond motifs is 2. The minimum atomic E-state index is -4.27. The molecule has 0 aliphatic heterocycles. The Morgan fingerprint density at radius 2 is 1.78 bits per heavy atom. The number of carbonyl (C=O) groups excluding carboxylic acids is 2. The molecule has 0 saturated heterocycles. The van der Waals surface area contributed by atoms with Gasteiger partial charge in [-0.2, -0.15) is 8.42 Å². The van der Waals surface area contributed by atoms with Crippen LogP contribution in [0.5, 0.6) is 5.75 Å². The third-order valence-electron chi connectivity index (χ3n) is 4.64. The molecule has 1 saturated carbocycles. The molecular formula is C16H20N4O6S. The van der Waals surface area contributed by atoms with E-state index in [-0.39, 0.29) is 22.5 Å². The summed E-state index contributed by atoms with van der Waals surface area (Å²) in [5.74, 6) is -3.62. The normalized spacial score (nSPS) is 26.8. The van der Waals surface area contributed by atoms with E-state index in [9.17, 15) is 18.0 Å². The van der Waals surface area contributed by atoms with Crippen LogP contribution in [0.4, 0.5) is 0 Å².